The van der Waals surface area contributed by atoms with Gasteiger partial charge in [-0.2, -0.15) is 0 Å². The lowest BCUT2D eigenvalue weighted by atomic mass is 10.1. The summed E-state index contributed by atoms with van der Waals surface area (Å²) in [4.78, 5) is 19.7. The monoisotopic (exact) mass is 487 g/mol. The number of carbonyl (C=O) groups excluding carboxylic acids is 1. The molecule has 2 aromatic rings. The van der Waals surface area contributed by atoms with Crippen molar-refractivity contribution in [2.45, 2.75) is 38.5 Å². The highest BCUT2D eigenvalue weighted by Crippen LogP contribution is 2.23. The van der Waals surface area contributed by atoms with Crippen LogP contribution in [0.4, 0.5) is 0 Å². The lowest BCUT2D eigenvalue weighted by molar-refractivity contribution is -0.155. The summed E-state index contributed by atoms with van der Waals surface area (Å²) in [6.45, 7) is 3.37. The largest absolute Gasteiger partial charge is 0.373 e. The number of rotatable bonds is 9. The molecule has 1 fully saturated rings. The van der Waals surface area contributed by atoms with Gasteiger partial charge in [-0.25, -0.2) is 17.8 Å². The third kappa shape index (κ3) is 5.61. The molecule has 2 aliphatic rings. The number of nitrogens with zero attached hydrogens (tertiary/aromatic N) is 4. The van der Waals surface area contributed by atoms with E-state index in [0.717, 1.165) is 22.2 Å². The predicted molar refractivity (Wildman–Crippen MR) is 128 cm³/mol. The first kappa shape index (κ1) is 24.3. The van der Waals surface area contributed by atoms with Crippen molar-refractivity contribution >= 4 is 33.7 Å². The highest BCUT2D eigenvalue weighted by Gasteiger charge is 2.34. The first-order valence-electron chi connectivity index (χ1n) is 11.2. The Labute approximate surface area is 198 Å². The van der Waals surface area contributed by atoms with Crippen LogP contribution in [0.1, 0.15) is 24.1 Å². The lowest BCUT2D eigenvalue weighted by Gasteiger charge is -2.33. The Morgan fingerprint density at radius 3 is 2.79 bits per heavy atom. The van der Waals surface area contributed by atoms with Gasteiger partial charge in [0.2, 0.25) is 16.4 Å². The van der Waals surface area contributed by atoms with E-state index in [1.807, 2.05) is 37.3 Å². The number of aliphatic imine (C=N–C) groups is 1. The zero-order valence-corrected chi connectivity index (χ0v) is 19.8. The molecule has 0 bridgehead atoms. The van der Waals surface area contributed by atoms with Gasteiger partial charge < -0.3 is 10.1 Å². The standard InChI is InChI=1S/C23H29N5O5S/c1-17-12-18(20-4-2-3-5-21(20)26-17)13-33-19-7-10-27(11-8-19)34(31,32)14-23(28(30)16-29)22-6-9-24-15-25-22/h2-6,12,15-16,19,23,30H,7-11,13-14H2,1H3,(H,24,25). The molecular weight excluding hydrogens is 458 g/mol. The van der Waals surface area contributed by atoms with Crippen LogP contribution < -0.4 is 5.32 Å². The topological polar surface area (TPSA) is 124 Å². The molecule has 1 saturated heterocycles. The number of pyridine rings is 1. The summed E-state index contributed by atoms with van der Waals surface area (Å²) in [6.07, 6.45) is 4.35. The Kier molecular flexibility index (Phi) is 7.57. The fourth-order valence-electron chi connectivity index (χ4n) is 4.30. The maximum Gasteiger partial charge on any atom is 0.233 e. The van der Waals surface area contributed by atoms with Gasteiger partial charge in [-0.05, 0) is 43.5 Å². The van der Waals surface area contributed by atoms with E-state index in [2.05, 4.69) is 15.3 Å². The van der Waals surface area contributed by atoms with Crippen molar-refractivity contribution in [2.75, 3.05) is 25.4 Å². The van der Waals surface area contributed by atoms with Gasteiger partial charge in [0, 0.05) is 29.9 Å². The number of carbonyl (C=O) groups is 1. The van der Waals surface area contributed by atoms with Crippen molar-refractivity contribution in [2.24, 2.45) is 4.99 Å². The second-order valence-electron chi connectivity index (χ2n) is 8.43. The van der Waals surface area contributed by atoms with E-state index in [-0.39, 0.29) is 12.5 Å². The lowest BCUT2D eigenvalue weighted by Crippen LogP contribution is -2.48. The summed E-state index contributed by atoms with van der Waals surface area (Å²) < 4.78 is 33.7. The molecule has 0 aliphatic carbocycles. The molecule has 34 heavy (non-hydrogen) atoms. The number of aryl methyl sites for hydroxylation is 1. The number of aromatic nitrogens is 1. The minimum absolute atomic E-state index is 0.0577. The highest BCUT2D eigenvalue weighted by atomic mass is 32.2. The van der Waals surface area contributed by atoms with Gasteiger partial charge in [0.05, 0.1) is 36.9 Å². The Hall–Kier alpha value is -2.86. The fourth-order valence-corrected chi connectivity index (χ4v) is 6.01. The Morgan fingerprint density at radius 2 is 2.09 bits per heavy atom. The number of sulfonamides is 1. The number of ether oxygens (including phenoxy) is 1. The molecule has 1 atom stereocenters. The van der Waals surface area contributed by atoms with E-state index in [4.69, 9.17) is 4.74 Å². The number of hydrogen-bond acceptors (Lipinski definition) is 8. The average Bonchev–Trinajstić information content (AvgIpc) is 2.86. The van der Waals surface area contributed by atoms with Crippen molar-refractivity contribution in [1.82, 2.24) is 19.7 Å². The summed E-state index contributed by atoms with van der Waals surface area (Å²) in [5.41, 5.74) is 3.34. The first-order valence-corrected chi connectivity index (χ1v) is 12.8. The second kappa shape index (κ2) is 10.6. The summed E-state index contributed by atoms with van der Waals surface area (Å²) >= 11 is 0. The number of amides is 1. The van der Waals surface area contributed by atoms with Crippen LogP contribution in [0.2, 0.25) is 0 Å². The molecule has 10 nitrogen and oxygen atoms in total. The molecule has 1 amide bonds. The number of piperidine rings is 1. The van der Waals surface area contributed by atoms with Gasteiger partial charge in [0.25, 0.3) is 0 Å². The molecular formula is C23H29N5O5S. The van der Waals surface area contributed by atoms with Gasteiger partial charge in [0.15, 0.2) is 0 Å². The highest BCUT2D eigenvalue weighted by molar-refractivity contribution is 7.89. The van der Waals surface area contributed by atoms with Gasteiger partial charge in [-0.3, -0.25) is 20.0 Å². The van der Waals surface area contributed by atoms with Gasteiger partial charge in [0.1, 0.15) is 6.04 Å². The van der Waals surface area contributed by atoms with Crippen molar-refractivity contribution in [1.29, 1.82) is 0 Å². The van der Waals surface area contributed by atoms with Crippen LogP contribution in [0, 0.1) is 6.92 Å². The number of fused-ring (bicyclic) bond motifs is 1. The number of para-hydroxylation sites is 1. The van der Waals surface area contributed by atoms with Crippen molar-refractivity contribution in [3.05, 3.63) is 53.4 Å². The zero-order valence-electron chi connectivity index (χ0n) is 19.0. The minimum Gasteiger partial charge on any atom is -0.373 e. The SMILES string of the molecule is Cc1cc(COC2CCN(S(=O)(=O)CC(C3=CCN=CN3)N(O)C=O)CC2)c2ccccc2n1. The van der Waals surface area contributed by atoms with Crippen LogP contribution in [0.25, 0.3) is 10.9 Å². The first-order chi connectivity index (χ1) is 16.4. The molecule has 0 saturated carbocycles. The minimum atomic E-state index is -3.73. The van der Waals surface area contributed by atoms with Crippen molar-refractivity contribution < 1.29 is 23.2 Å². The Bertz CT molecular complexity index is 1190. The molecule has 182 valence electrons. The maximum absolute atomic E-state index is 13.1. The van der Waals surface area contributed by atoms with Crippen LogP contribution >= 0.6 is 0 Å². The molecule has 2 N–H and O–H groups in total. The molecule has 0 spiro atoms. The van der Waals surface area contributed by atoms with Crippen LogP contribution in [0.5, 0.6) is 0 Å². The van der Waals surface area contributed by atoms with E-state index in [9.17, 15) is 18.4 Å². The number of hydroxylamine groups is 2. The normalized spacial score (nSPS) is 18.4. The summed E-state index contributed by atoms with van der Waals surface area (Å²) in [5, 5.41) is 14.2. The predicted octanol–water partition coefficient (Wildman–Crippen LogP) is 1.59. The number of nitrogens with one attached hydrogen (secondary N) is 1. The third-order valence-corrected chi connectivity index (χ3v) is 7.98. The fraction of sp³-hybridized carbons (Fsp3) is 0.435. The Balaban J connectivity index is 1.35. The Morgan fingerprint density at radius 1 is 1.32 bits per heavy atom. The molecule has 2 aliphatic heterocycles. The average molecular weight is 488 g/mol. The number of benzene rings is 1. The van der Waals surface area contributed by atoms with Crippen LogP contribution in [-0.2, 0) is 26.2 Å². The quantitative estimate of drug-likeness (QED) is 0.313. The summed E-state index contributed by atoms with van der Waals surface area (Å²) in [6, 6.07) is 8.92. The van der Waals surface area contributed by atoms with E-state index < -0.39 is 21.8 Å². The van der Waals surface area contributed by atoms with Gasteiger partial charge in [-0.15, -0.1) is 0 Å². The molecule has 3 heterocycles. The smallest absolute Gasteiger partial charge is 0.233 e. The summed E-state index contributed by atoms with van der Waals surface area (Å²) in [7, 11) is -3.73. The van der Waals surface area contributed by atoms with Crippen LogP contribution in [-0.4, -0.2) is 78.3 Å². The maximum atomic E-state index is 13.1. The molecule has 1 aromatic carbocycles. The van der Waals surface area contributed by atoms with E-state index >= 15 is 0 Å². The molecule has 4 rings (SSSR count). The second-order valence-corrected chi connectivity index (χ2v) is 10.4. The van der Waals surface area contributed by atoms with Crippen LogP contribution in [0.3, 0.4) is 0 Å². The zero-order chi connectivity index (χ0) is 24.1. The van der Waals surface area contributed by atoms with Crippen molar-refractivity contribution in [3.8, 4) is 0 Å². The van der Waals surface area contributed by atoms with Gasteiger partial charge in [-0.1, -0.05) is 18.2 Å². The summed E-state index contributed by atoms with van der Waals surface area (Å²) in [5.74, 6) is -0.428. The van der Waals surface area contributed by atoms with E-state index in [1.54, 1.807) is 6.08 Å². The molecule has 11 heteroatoms. The van der Waals surface area contributed by atoms with Crippen molar-refractivity contribution in [3.63, 3.8) is 0 Å². The molecule has 1 unspecified atom stereocenters. The van der Waals surface area contributed by atoms with Gasteiger partial charge >= 0.3 is 0 Å². The molecule has 1 aromatic heterocycles. The van der Waals surface area contributed by atoms with Crippen LogP contribution in [0.15, 0.2) is 47.1 Å². The molecule has 0 radical (unpaired) electrons. The van der Waals surface area contributed by atoms with E-state index in [1.165, 1.54) is 10.6 Å². The third-order valence-electron chi connectivity index (χ3n) is 6.09. The number of hydrogen-bond donors (Lipinski definition) is 2. The van der Waals surface area contributed by atoms with E-state index in [0.29, 0.717) is 49.8 Å².